The Bertz CT molecular complexity index is 1230. The van der Waals surface area contributed by atoms with Gasteiger partial charge in [-0.2, -0.15) is 0 Å². The van der Waals surface area contributed by atoms with Gasteiger partial charge in [-0.25, -0.2) is 9.59 Å². The van der Waals surface area contributed by atoms with Crippen LogP contribution in [0, 0.1) is 24.0 Å². The summed E-state index contributed by atoms with van der Waals surface area (Å²) in [5.74, 6) is -1.16. The van der Waals surface area contributed by atoms with Crippen LogP contribution in [0.3, 0.4) is 0 Å². The molecule has 0 fully saturated rings. The van der Waals surface area contributed by atoms with E-state index in [0.29, 0.717) is 5.58 Å². The van der Waals surface area contributed by atoms with Crippen LogP contribution in [0.15, 0.2) is 51.7 Å². The molecule has 0 aliphatic rings. The zero-order valence-corrected chi connectivity index (χ0v) is 16.7. The first-order chi connectivity index (χ1) is 14.7. The van der Waals surface area contributed by atoms with E-state index in [4.69, 9.17) is 13.9 Å². The van der Waals surface area contributed by atoms with Crippen molar-refractivity contribution in [1.82, 2.24) is 0 Å². The lowest BCUT2D eigenvalue weighted by Gasteiger charge is -2.10. The number of fused-ring (bicyclic) bond motifs is 1. The maximum Gasteiger partial charge on any atom is 0.344 e. The van der Waals surface area contributed by atoms with Crippen LogP contribution in [0.1, 0.15) is 11.1 Å². The number of hydrogen-bond donors (Lipinski definition) is 1. The van der Waals surface area contributed by atoms with Crippen molar-refractivity contribution in [3.63, 3.8) is 0 Å². The minimum atomic E-state index is -0.795. The second-order valence-electron chi connectivity index (χ2n) is 6.61. The number of nitrogens with one attached hydrogen (secondary N) is 1. The second-order valence-corrected chi connectivity index (χ2v) is 6.61. The third-order valence-corrected chi connectivity index (χ3v) is 4.42. The number of carbonyl (C=O) groups is 2. The van der Waals surface area contributed by atoms with Crippen molar-refractivity contribution in [2.75, 3.05) is 18.5 Å². The molecule has 0 saturated heterocycles. The minimum Gasteiger partial charge on any atom is -0.482 e. The predicted octanol–water partition coefficient (Wildman–Crippen LogP) is 2.88. The van der Waals surface area contributed by atoms with Crippen LogP contribution < -0.4 is 15.7 Å². The summed E-state index contributed by atoms with van der Waals surface area (Å²) in [5, 5.41) is 14.2. The lowest BCUT2D eigenvalue weighted by molar-refractivity contribution is -0.385. The smallest absolute Gasteiger partial charge is 0.344 e. The molecule has 0 radical (unpaired) electrons. The van der Waals surface area contributed by atoms with E-state index in [1.54, 1.807) is 19.1 Å². The molecule has 0 bridgehead atoms. The van der Waals surface area contributed by atoms with Crippen LogP contribution >= 0.6 is 0 Å². The Morgan fingerprint density at radius 3 is 2.65 bits per heavy atom. The zero-order chi connectivity index (χ0) is 22.5. The molecule has 0 unspecified atom stereocenters. The van der Waals surface area contributed by atoms with Crippen molar-refractivity contribution in [3.05, 3.63) is 74.1 Å². The Hall–Kier alpha value is -4.21. The highest BCUT2D eigenvalue weighted by molar-refractivity contribution is 5.94. The van der Waals surface area contributed by atoms with Gasteiger partial charge in [0, 0.05) is 23.6 Å². The minimum absolute atomic E-state index is 0.135. The first kappa shape index (κ1) is 21.5. The van der Waals surface area contributed by atoms with Gasteiger partial charge in [-0.05, 0) is 37.6 Å². The number of nitro benzene ring substituents is 1. The Labute approximate surface area is 175 Å². The summed E-state index contributed by atoms with van der Waals surface area (Å²) < 4.78 is 15.3. The number of hydrogen-bond acceptors (Lipinski definition) is 8. The summed E-state index contributed by atoms with van der Waals surface area (Å²) in [6.07, 6.45) is 0. The SMILES string of the molecule is Cc1c(NC(=O)COC(=O)COc2ccc3c(C)cc(=O)oc3c2)cccc1[N+](=O)[O-]. The van der Waals surface area contributed by atoms with Crippen LogP contribution in [0.25, 0.3) is 11.0 Å². The number of ether oxygens (including phenoxy) is 2. The van der Waals surface area contributed by atoms with Gasteiger partial charge >= 0.3 is 11.6 Å². The van der Waals surface area contributed by atoms with E-state index < -0.39 is 35.6 Å². The molecule has 10 nitrogen and oxygen atoms in total. The van der Waals surface area contributed by atoms with E-state index in [9.17, 15) is 24.5 Å². The third-order valence-electron chi connectivity index (χ3n) is 4.42. The van der Waals surface area contributed by atoms with Crippen molar-refractivity contribution < 1.29 is 28.4 Å². The number of amides is 1. The number of carbonyl (C=O) groups excluding carboxylic acids is 2. The monoisotopic (exact) mass is 426 g/mol. The van der Waals surface area contributed by atoms with Crippen molar-refractivity contribution in [2.24, 2.45) is 0 Å². The fourth-order valence-electron chi connectivity index (χ4n) is 2.87. The number of benzene rings is 2. The average Bonchev–Trinajstić information content (AvgIpc) is 2.71. The molecular weight excluding hydrogens is 408 g/mol. The maximum absolute atomic E-state index is 12.0. The second kappa shape index (κ2) is 9.08. The predicted molar refractivity (Wildman–Crippen MR) is 110 cm³/mol. The summed E-state index contributed by atoms with van der Waals surface area (Å²) in [5.41, 5.74) is 0.981. The molecule has 0 atom stereocenters. The van der Waals surface area contributed by atoms with Crippen LogP contribution in [-0.2, 0) is 14.3 Å². The fourth-order valence-corrected chi connectivity index (χ4v) is 2.87. The van der Waals surface area contributed by atoms with Gasteiger partial charge in [0.2, 0.25) is 0 Å². The van der Waals surface area contributed by atoms with Gasteiger partial charge in [-0.15, -0.1) is 0 Å². The van der Waals surface area contributed by atoms with E-state index >= 15 is 0 Å². The molecule has 1 aromatic heterocycles. The Morgan fingerprint density at radius 2 is 1.90 bits per heavy atom. The molecule has 1 heterocycles. The fraction of sp³-hybridized carbons (Fsp3) is 0.190. The highest BCUT2D eigenvalue weighted by atomic mass is 16.6. The quantitative estimate of drug-likeness (QED) is 0.263. The van der Waals surface area contributed by atoms with Crippen LogP contribution in [0.2, 0.25) is 0 Å². The standard InChI is InChI=1S/C21H18N2O8/c1-12-8-20(25)31-18-9-14(6-7-15(12)18)29-11-21(26)30-10-19(24)22-16-4-3-5-17(13(16)2)23(27)28/h3-9H,10-11H2,1-2H3,(H,22,24). The van der Waals surface area contributed by atoms with Gasteiger partial charge < -0.3 is 19.2 Å². The van der Waals surface area contributed by atoms with Crippen LogP contribution in [-0.4, -0.2) is 30.0 Å². The topological polar surface area (TPSA) is 138 Å². The summed E-state index contributed by atoms with van der Waals surface area (Å²) in [7, 11) is 0. The van der Waals surface area contributed by atoms with Gasteiger partial charge in [0.1, 0.15) is 11.3 Å². The van der Waals surface area contributed by atoms with Gasteiger partial charge in [0.25, 0.3) is 11.6 Å². The van der Waals surface area contributed by atoms with Gasteiger partial charge in [0.05, 0.1) is 16.2 Å². The number of aryl methyl sites for hydroxylation is 1. The molecule has 3 aromatic rings. The lowest BCUT2D eigenvalue weighted by atomic mass is 10.1. The van der Waals surface area contributed by atoms with Gasteiger partial charge in [-0.1, -0.05) is 6.07 Å². The van der Waals surface area contributed by atoms with Crippen molar-refractivity contribution >= 4 is 34.2 Å². The molecule has 0 aliphatic heterocycles. The molecule has 10 heteroatoms. The van der Waals surface area contributed by atoms with Crippen LogP contribution in [0.4, 0.5) is 11.4 Å². The number of nitrogens with zero attached hydrogens (tertiary/aromatic N) is 1. The molecule has 0 saturated carbocycles. The molecule has 1 amide bonds. The van der Waals surface area contributed by atoms with Crippen molar-refractivity contribution in [3.8, 4) is 5.75 Å². The van der Waals surface area contributed by atoms with E-state index in [1.165, 1.54) is 37.3 Å². The number of nitro groups is 1. The summed E-state index contributed by atoms with van der Waals surface area (Å²) in [6, 6.07) is 10.4. The maximum atomic E-state index is 12.0. The van der Waals surface area contributed by atoms with E-state index in [0.717, 1.165) is 10.9 Å². The highest BCUT2D eigenvalue weighted by Gasteiger charge is 2.16. The Morgan fingerprint density at radius 1 is 1.13 bits per heavy atom. The molecule has 0 spiro atoms. The van der Waals surface area contributed by atoms with Gasteiger partial charge in [-0.3, -0.25) is 14.9 Å². The van der Waals surface area contributed by atoms with Crippen molar-refractivity contribution in [2.45, 2.75) is 13.8 Å². The summed E-state index contributed by atoms with van der Waals surface area (Å²) in [4.78, 5) is 45.7. The molecule has 31 heavy (non-hydrogen) atoms. The zero-order valence-electron chi connectivity index (χ0n) is 16.7. The Balaban J connectivity index is 1.53. The average molecular weight is 426 g/mol. The largest absolute Gasteiger partial charge is 0.482 e. The molecule has 0 aliphatic carbocycles. The normalized spacial score (nSPS) is 10.5. The number of anilines is 1. The molecule has 160 valence electrons. The molecule has 2 aromatic carbocycles. The first-order valence-corrected chi connectivity index (χ1v) is 9.11. The van der Waals surface area contributed by atoms with E-state index in [-0.39, 0.29) is 22.7 Å². The summed E-state index contributed by atoms with van der Waals surface area (Å²) >= 11 is 0. The first-order valence-electron chi connectivity index (χ1n) is 9.11. The molecule has 3 rings (SSSR count). The Kier molecular flexibility index (Phi) is 6.29. The van der Waals surface area contributed by atoms with E-state index in [1.807, 2.05) is 0 Å². The number of rotatable bonds is 7. The van der Waals surface area contributed by atoms with Crippen molar-refractivity contribution in [1.29, 1.82) is 0 Å². The van der Waals surface area contributed by atoms with E-state index in [2.05, 4.69) is 5.32 Å². The molecule has 1 N–H and O–H groups in total. The third kappa shape index (κ3) is 5.24. The van der Waals surface area contributed by atoms with Crippen LogP contribution in [0.5, 0.6) is 5.75 Å². The summed E-state index contributed by atoms with van der Waals surface area (Å²) in [6.45, 7) is 2.22. The lowest BCUT2D eigenvalue weighted by Crippen LogP contribution is -2.24. The highest BCUT2D eigenvalue weighted by Crippen LogP contribution is 2.25. The van der Waals surface area contributed by atoms with Gasteiger partial charge in [0.15, 0.2) is 13.2 Å². The molecular formula is C21H18N2O8. The number of esters is 1.